The zero-order chi connectivity index (χ0) is 15.7. The number of hydrogen-bond acceptors (Lipinski definition) is 6. The monoisotopic (exact) mass is 323 g/mol. The van der Waals surface area contributed by atoms with Crippen LogP contribution in [0.1, 0.15) is 20.8 Å². The molecule has 8 nitrogen and oxygen atoms in total. The molecule has 114 valence electrons. The van der Waals surface area contributed by atoms with Crippen molar-refractivity contribution in [3.05, 3.63) is 0 Å². The Morgan fingerprint density at radius 2 is 2.00 bits per heavy atom. The molecule has 1 rings (SSSR count). The number of nitrogens with one attached hydrogen (secondary N) is 2. The van der Waals surface area contributed by atoms with Crippen LogP contribution >= 0.6 is 12.2 Å². The Morgan fingerprint density at radius 1 is 1.45 bits per heavy atom. The molecule has 0 aromatic carbocycles. The zero-order valence-corrected chi connectivity index (χ0v) is 13.2. The molecule has 2 N–H and O–H groups in total. The number of hydrogen-bond donors (Lipinski definition) is 2. The van der Waals surface area contributed by atoms with Gasteiger partial charge in [0.25, 0.3) is 5.91 Å². The lowest BCUT2D eigenvalue weighted by Crippen LogP contribution is -2.67. The highest BCUT2D eigenvalue weighted by Gasteiger charge is 2.41. The molecule has 1 heterocycles. The molecular weight excluding hydrogens is 306 g/mol. The van der Waals surface area contributed by atoms with Crippen LogP contribution in [-0.2, 0) is 19.6 Å². The number of β-lactam (4-membered cyclic amide) rings is 1. The molecule has 1 fully saturated rings. The molecule has 2 amide bonds. The lowest BCUT2D eigenvalue weighted by Gasteiger charge is -2.38. The predicted molar refractivity (Wildman–Crippen MR) is 75.4 cm³/mol. The van der Waals surface area contributed by atoms with Gasteiger partial charge in [0.05, 0.1) is 12.8 Å². The standard InChI is InChI=1S/C10H17N3O5S2/c1-10(2,3)18-9(15)11-6-5-13(7(6)14)8(19)12-20(4,16)17/h6H,5H2,1-4H3,(H,11,15)(H,12,19). The van der Waals surface area contributed by atoms with Gasteiger partial charge in [0, 0.05) is 0 Å². The van der Waals surface area contributed by atoms with E-state index in [0.717, 1.165) is 11.2 Å². The number of nitrogens with zero attached hydrogens (tertiary/aromatic N) is 1. The molecule has 0 aromatic rings. The van der Waals surface area contributed by atoms with Gasteiger partial charge in [-0.2, -0.15) is 0 Å². The summed E-state index contributed by atoms with van der Waals surface area (Å²) in [5, 5.41) is 2.17. The molecule has 1 unspecified atom stereocenters. The third kappa shape index (κ3) is 4.93. The third-order valence-corrected chi connectivity index (χ3v) is 3.15. The number of carbonyl (C=O) groups excluding carboxylic acids is 2. The van der Waals surface area contributed by atoms with E-state index in [0.29, 0.717) is 0 Å². The van der Waals surface area contributed by atoms with Crippen LogP contribution in [-0.4, -0.2) is 54.9 Å². The molecule has 0 bridgehead atoms. The van der Waals surface area contributed by atoms with Gasteiger partial charge < -0.3 is 10.1 Å². The summed E-state index contributed by atoms with van der Waals surface area (Å²) in [7, 11) is -3.53. The summed E-state index contributed by atoms with van der Waals surface area (Å²) >= 11 is 4.78. The number of thiocarbonyl (C=S) groups is 1. The Balaban J connectivity index is 2.48. The van der Waals surface area contributed by atoms with Crippen molar-refractivity contribution >= 4 is 39.4 Å². The topological polar surface area (TPSA) is 105 Å². The fraction of sp³-hybridized carbons (Fsp3) is 0.700. The predicted octanol–water partition coefficient (Wildman–Crippen LogP) is -0.444. The van der Waals surface area contributed by atoms with Crippen LogP contribution in [0.2, 0.25) is 0 Å². The normalized spacial score (nSPS) is 19.1. The summed E-state index contributed by atoms with van der Waals surface area (Å²) in [4.78, 5) is 24.2. The molecule has 0 aliphatic carbocycles. The number of carbonyl (C=O) groups is 2. The Labute approximate surface area is 122 Å². The van der Waals surface area contributed by atoms with Crippen molar-refractivity contribution < 1.29 is 22.7 Å². The van der Waals surface area contributed by atoms with Gasteiger partial charge >= 0.3 is 6.09 Å². The Kier molecular flexibility index (Phi) is 4.59. The maximum Gasteiger partial charge on any atom is 0.408 e. The molecular formula is C10H17N3O5S2. The van der Waals surface area contributed by atoms with E-state index in [1.54, 1.807) is 20.8 Å². The molecule has 10 heteroatoms. The van der Waals surface area contributed by atoms with Crippen molar-refractivity contribution in [1.82, 2.24) is 14.9 Å². The second-order valence-electron chi connectivity index (χ2n) is 5.33. The molecule has 1 atom stereocenters. The number of likely N-dealkylation sites (tertiary alicyclic amines) is 1. The van der Waals surface area contributed by atoms with Crippen molar-refractivity contribution in [3.8, 4) is 0 Å². The van der Waals surface area contributed by atoms with Crippen molar-refractivity contribution in [3.63, 3.8) is 0 Å². The first kappa shape index (κ1) is 16.6. The van der Waals surface area contributed by atoms with E-state index >= 15 is 0 Å². The minimum atomic E-state index is -3.53. The lowest BCUT2D eigenvalue weighted by atomic mass is 10.1. The summed E-state index contributed by atoms with van der Waals surface area (Å²) < 4.78 is 29.0. The average Bonchev–Trinajstić information content (AvgIpc) is 2.17. The van der Waals surface area contributed by atoms with Gasteiger partial charge in [-0.15, -0.1) is 0 Å². The zero-order valence-electron chi connectivity index (χ0n) is 11.6. The molecule has 20 heavy (non-hydrogen) atoms. The number of alkyl carbamates (subject to hydrolysis) is 1. The first-order valence-corrected chi connectivity index (χ1v) is 8.02. The lowest BCUT2D eigenvalue weighted by molar-refractivity contribution is -0.137. The van der Waals surface area contributed by atoms with E-state index in [4.69, 9.17) is 17.0 Å². The van der Waals surface area contributed by atoms with Crippen molar-refractivity contribution in [1.29, 1.82) is 0 Å². The molecule has 0 radical (unpaired) electrons. The van der Waals surface area contributed by atoms with Crippen molar-refractivity contribution in [2.24, 2.45) is 0 Å². The minimum absolute atomic E-state index is 0.0967. The second-order valence-corrected chi connectivity index (χ2v) is 7.46. The highest BCUT2D eigenvalue weighted by Crippen LogP contribution is 2.13. The summed E-state index contributed by atoms with van der Waals surface area (Å²) in [6, 6.07) is -0.760. The van der Waals surface area contributed by atoms with Crippen molar-refractivity contribution in [2.45, 2.75) is 32.4 Å². The van der Waals surface area contributed by atoms with Gasteiger partial charge in [0.2, 0.25) is 10.0 Å². The van der Waals surface area contributed by atoms with Crippen LogP contribution in [0.15, 0.2) is 0 Å². The van der Waals surface area contributed by atoms with Crippen LogP contribution in [0.25, 0.3) is 0 Å². The minimum Gasteiger partial charge on any atom is -0.444 e. The highest BCUT2D eigenvalue weighted by atomic mass is 32.2. The summed E-state index contributed by atoms with van der Waals surface area (Å²) in [6.07, 6.45) is 0.220. The molecule has 0 aromatic heterocycles. The SMILES string of the molecule is CC(C)(C)OC(=O)NC1CN(C(=S)NS(C)(=O)=O)C1=O. The van der Waals surface area contributed by atoms with Gasteiger partial charge in [-0.05, 0) is 33.0 Å². The number of ether oxygens (including phenoxy) is 1. The molecule has 0 saturated carbocycles. The quantitative estimate of drug-likeness (QED) is 0.527. The smallest absolute Gasteiger partial charge is 0.408 e. The average molecular weight is 323 g/mol. The van der Waals surface area contributed by atoms with E-state index in [1.807, 2.05) is 4.72 Å². The Morgan fingerprint density at radius 3 is 2.40 bits per heavy atom. The van der Waals surface area contributed by atoms with Crippen molar-refractivity contribution in [2.75, 3.05) is 12.8 Å². The Bertz CT molecular complexity index is 538. The molecule has 1 aliphatic rings. The number of rotatable bonds is 2. The number of sulfonamides is 1. The maximum absolute atomic E-state index is 11.7. The maximum atomic E-state index is 11.7. The van der Waals surface area contributed by atoms with E-state index in [-0.39, 0.29) is 11.7 Å². The van der Waals surface area contributed by atoms with E-state index in [2.05, 4.69) is 5.32 Å². The van der Waals surface area contributed by atoms with Gasteiger partial charge in [-0.3, -0.25) is 14.4 Å². The van der Waals surface area contributed by atoms with E-state index < -0.39 is 33.7 Å². The van der Waals surface area contributed by atoms with Crippen LogP contribution in [0.4, 0.5) is 4.79 Å². The third-order valence-electron chi connectivity index (χ3n) is 2.14. The van der Waals surface area contributed by atoms with Crippen LogP contribution < -0.4 is 10.0 Å². The number of amides is 2. The van der Waals surface area contributed by atoms with Crippen LogP contribution in [0.5, 0.6) is 0 Å². The van der Waals surface area contributed by atoms with Gasteiger partial charge in [-0.25, -0.2) is 13.2 Å². The van der Waals surface area contributed by atoms with Gasteiger partial charge in [0.1, 0.15) is 11.6 Å². The molecule has 0 spiro atoms. The van der Waals surface area contributed by atoms with E-state index in [9.17, 15) is 18.0 Å². The highest BCUT2D eigenvalue weighted by molar-refractivity contribution is 7.91. The summed E-state index contributed by atoms with van der Waals surface area (Å²) in [5.74, 6) is -0.489. The fourth-order valence-electron chi connectivity index (χ4n) is 1.38. The largest absolute Gasteiger partial charge is 0.444 e. The first-order valence-electron chi connectivity index (χ1n) is 5.72. The van der Waals surface area contributed by atoms with E-state index in [1.165, 1.54) is 0 Å². The second kappa shape index (κ2) is 5.52. The Hall–Kier alpha value is -1.42. The first-order chi connectivity index (χ1) is 8.89. The fourth-order valence-corrected chi connectivity index (χ4v) is 2.43. The van der Waals surface area contributed by atoms with Gasteiger partial charge in [-0.1, -0.05) is 0 Å². The van der Waals surface area contributed by atoms with Crippen LogP contribution in [0, 0.1) is 0 Å². The van der Waals surface area contributed by atoms with Gasteiger partial charge in [0.15, 0.2) is 5.11 Å². The summed E-state index contributed by atoms with van der Waals surface area (Å²) in [6.45, 7) is 5.20. The summed E-state index contributed by atoms with van der Waals surface area (Å²) in [5.41, 5.74) is -0.663. The molecule has 1 saturated heterocycles. The molecule has 1 aliphatic heterocycles. The van der Waals surface area contributed by atoms with Crippen LogP contribution in [0.3, 0.4) is 0 Å².